The van der Waals surface area contributed by atoms with Crippen molar-refractivity contribution in [1.29, 1.82) is 0 Å². The maximum atomic E-state index is 13.3. The van der Waals surface area contributed by atoms with Crippen molar-refractivity contribution in [3.05, 3.63) is 72.4 Å². The Labute approximate surface area is 247 Å². The number of anilines is 1. The summed E-state index contributed by atoms with van der Waals surface area (Å²) in [5.41, 5.74) is 7.72. The molecule has 0 fully saturated rings. The second-order valence-electron chi connectivity index (χ2n) is 8.94. The highest BCUT2D eigenvalue weighted by molar-refractivity contribution is 7.82. The predicted octanol–water partition coefficient (Wildman–Crippen LogP) is 1.49. The van der Waals surface area contributed by atoms with Crippen molar-refractivity contribution in [2.24, 2.45) is 0 Å². The summed E-state index contributed by atoms with van der Waals surface area (Å²) in [5, 5.41) is 14.9. The van der Waals surface area contributed by atoms with E-state index < -0.39 is 22.9 Å². The summed E-state index contributed by atoms with van der Waals surface area (Å²) in [6, 6.07) is 6.67. The van der Waals surface area contributed by atoms with E-state index in [9.17, 15) is 13.8 Å². The number of carbonyl (C=O) groups excluding carboxylic acids is 1. The lowest BCUT2D eigenvalue weighted by Crippen LogP contribution is -2.32. The molecule has 1 aromatic heterocycles. The van der Waals surface area contributed by atoms with Crippen LogP contribution in [0.4, 0.5) is 5.82 Å². The molecule has 1 unspecified atom stereocenters. The fourth-order valence-electron chi connectivity index (χ4n) is 3.83. The van der Waals surface area contributed by atoms with Gasteiger partial charge in [-0.05, 0) is 25.3 Å². The molecule has 13 nitrogen and oxygen atoms in total. The minimum atomic E-state index is -1.64. The van der Waals surface area contributed by atoms with Crippen LogP contribution in [0.25, 0.3) is 11.3 Å². The number of fused-ring (bicyclic) bond motifs is 15. The monoisotopic (exact) mass is 600 g/mol. The van der Waals surface area contributed by atoms with Crippen molar-refractivity contribution in [3.8, 4) is 11.3 Å². The number of allylic oxidation sites excluding steroid dienone is 1. The number of nitrogens with one attached hydrogen (secondary N) is 2. The molecule has 5 N–H and O–H groups in total. The fourth-order valence-corrected chi connectivity index (χ4v) is 5.00. The third-order valence-corrected chi connectivity index (χ3v) is 7.43. The van der Waals surface area contributed by atoms with Gasteiger partial charge in [0.1, 0.15) is 23.4 Å². The van der Waals surface area contributed by atoms with Crippen LogP contribution in [0.2, 0.25) is 0 Å². The van der Waals surface area contributed by atoms with Crippen molar-refractivity contribution < 1.29 is 33.1 Å². The molecule has 0 spiro atoms. The summed E-state index contributed by atoms with van der Waals surface area (Å²) in [4.78, 5) is 33.5. The molecule has 0 saturated heterocycles. The van der Waals surface area contributed by atoms with E-state index >= 15 is 0 Å². The summed E-state index contributed by atoms with van der Waals surface area (Å²) in [7, 11) is 0.117. The molecule has 0 radical (unpaired) electrons. The maximum Gasteiger partial charge on any atom is 0.304 e. The number of nitrogens with zero attached hydrogens (tertiary/aromatic N) is 3. The topological polar surface area (TPSA) is 178 Å². The molecular formula is C28H36N6O7S. The lowest BCUT2D eigenvalue weighted by atomic mass is 10.1. The first-order valence-electron chi connectivity index (χ1n) is 13.2. The highest BCUT2D eigenvalue weighted by Gasteiger charge is 2.20. The number of hydrogen-bond acceptors (Lipinski definition) is 10. The van der Waals surface area contributed by atoms with Gasteiger partial charge in [-0.15, -0.1) is 0 Å². The molecule has 42 heavy (non-hydrogen) atoms. The van der Waals surface area contributed by atoms with E-state index in [1.165, 1.54) is 12.3 Å². The molecule has 2 aliphatic rings. The number of nitrogen functional groups attached to an aromatic ring is 1. The van der Waals surface area contributed by atoms with Gasteiger partial charge in [0.05, 0.1) is 55.3 Å². The Morgan fingerprint density at radius 1 is 1.21 bits per heavy atom. The van der Waals surface area contributed by atoms with Crippen molar-refractivity contribution in [2.75, 3.05) is 65.5 Å². The van der Waals surface area contributed by atoms with Crippen LogP contribution < -0.4 is 16.4 Å². The Kier molecular flexibility index (Phi) is 12.8. The summed E-state index contributed by atoms with van der Waals surface area (Å²) >= 11 is 0. The zero-order valence-electron chi connectivity index (χ0n) is 23.5. The number of benzene rings is 1. The number of aliphatic carboxylic acids is 1. The average molecular weight is 601 g/mol. The lowest BCUT2D eigenvalue weighted by Gasteiger charge is -2.21. The first kappa shape index (κ1) is 32.6. The van der Waals surface area contributed by atoms with Gasteiger partial charge in [-0.2, -0.15) is 0 Å². The lowest BCUT2D eigenvalue weighted by molar-refractivity contribution is -0.137. The Bertz CT molecular complexity index is 1330. The Morgan fingerprint density at radius 3 is 2.57 bits per heavy atom. The van der Waals surface area contributed by atoms with Gasteiger partial charge in [0.2, 0.25) is 0 Å². The number of carboxylic acid groups (broad SMARTS) is 1. The number of amides is 1. The number of nitrogens with two attached hydrogens (primary N) is 1. The first-order chi connectivity index (χ1) is 20.2. The number of ether oxygens (including phenoxy) is 3. The third-order valence-electron chi connectivity index (χ3n) is 5.92. The summed E-state index contributed by atoms with van der Waals surface area (Å²) in [6.45, 7) is 9.72. The highest BCUT2D eigenvalue weighted by Crippen LogP contribution is 2.22. The third kappa shape index (κ3) is 9.29. The van der Waals surface area contributed by atoms with E-state index in [0.29, 0.717) is 34.0 Å². The number of likely N-dealkylation sites (N-methyl/N-ethyl adjacent to an activating group) is 1. The zero-order valence-corrected chi connectivity index (χ0v) is 24.3. The van der Waals surface area contributed by atoms with Crippen LogP contribution in [0.1, 0.15) is 16.9 Å². The van der Waals surface area contributed by atoms with E-state index in [2.05, 4.69) is 33.8 Å². The first-order valence-corrected chi connectivity index (χ1v) is 14.3. The molecule has 1 amide bonds. The van der Waals surface area contributed by atoms with Gasteiger partial charge in [0.15, 0.2) is 11.5 Å². The van der Waals surface area contributed by atoms with Crippen LogP contribution in [-0.4, -0.2) is 95.2 Å². The van der Waals surface area contributed by atoms with Crippen LogP contribution in [0.5, 0.6) is 0 Å². The van der Waals surface area contributed by atoms with E-state index in [0.717, 1.165) is 0 Å². The molecule has 226 valence electrons. The maximum absolute atomic E-state index is 13.3. The average Bonchev–Trinajstić information content (AvgIpc) is 2.98. The van der Waals surface area contributed by atoms with Gasteiger partial charge in [-0.3, -0.25) is 9.59 Å². The molecule has 0 saturated carbocycles. The van der Waals surface area contributed by atoms with Gasteiger partial charge >= 0.3 is 5.97 Å². The number of rotatable bonds is 7. The Hall–Kier alpha value is -3.95. The number of hydrogen-bond donors (Lipinski definition) is 4. The second-order valence-corrected chi connectivity index (χ2v) is 10.4. The minimum absolute atomic E-state index is 0.0736. The van der Waals surface area contributed by atoms with Crippen molar-refractivity contribution in [2.45, 2.75) is 11.3 Å². The smallest absolute Gasteiger partial charge is 0.304 e. The van der Waals surface area contributed by atoms with Gasteiger partial charge in [0, 0.05) is 30.8 Å². The SMILES string of the molecule is C=C/C1=C(\C(=C)CNC)OCCOCCOCCN(CCC(=O)O)S(=O)c2ccc(cc2)-c2cnc(N)c(n2)C(=O)N1. The molecule has 4 bridgehead atoms. The Morgan fingerprint density at radius 2 is 1.90 bits per heavy atom. The van der Waals surface area contributed by atoms with Gasteiger partial charge < -0.3 is 35.7 Å². The molecule has 4 rings (SSSR count). The van der Waals surface area contributed by atoms with Crippen LogP contribution in [0, 0.1) is 0 Å². The van der Waals surface area contributed by atoms with E-state index in [1.54, 1.807) is 35.6 Å². The second kappa shape index (κ2) is 16.5. The van der Waals surface area contributed by atoms with Gasteiger partial charge in [-0.25, -0.2) is 18.5 Å². The molecular weight excluding hydrogens is 564 g/mol. The fraction of sp³-hybridized carbons (Fsp3) is 0.357. The molecule has 2 aliphatic heterocycles. The van der Waals surface area contributed by atoms with E-state index in [4.69, 9.17) is 25.1 Å². The van der Waals surface area contributed by atoms with Gasteiger partial charge in [-0.1, -0.05) is 25.3 Å². The van der Waals surface area contributed by atoms with Gasteiger partial charge in [0.25, 0.3) is 5.91 Å². The van der Waals surface area contributed by atoms with Crippen LogP contribution in [0.3, 0.4) is 0 Å². The highest BCUT2D eigenvalue weighted by atomic mass is 32.2. The molecule has 3 heterocycles. The standard InChI is InChI=1S/C28H36N6O7S/c1-4-22-26(19(2)17-30-3)41-16-15-40-14-13-39-12-11-34(10-9-24(35)36)42(38)21-7-5-20(6-8-21)23-18-31-27(29)25(32-23)28(37)33-22/h4-8,18,30H,1-2,9-17H2,3H3,(H2,29,31)(H,33,37)(H,35,36)/b26-22-. The predicted molar refractivity (Wildman–Crippen MR) is 157 cm³/mol. The summed E-state index contributed by atoms with van der Waals surface area (Å²) < 4.78 is 32.0. The number of carbonyl (C=O) groups is 2. The molecule has 1 atom stereocenters. The van der Waals surface area contributed by atoms with Crippen LogP contribution in [0.15, 0.2) is 71.6 Å². The Balaban J connectivity index is 1.96. The van der Waals surface area contributed by atoms with Crippen LogP contribution >= 0.6 is 0 Å². The normalized spacial score (nSPS) is 19.5. The van der Waals surface area contributed by atoms with E-state index in [1.807, 2.05) is 0 Å². The quantitative estimate of drug-likeness (QED) is 0.339. The zero-order chi connectivity index (χ0) is 30.5. The summed E-state index contributed by atoms with van der Waals surface area (Å²) in [6.07, 6.45) is 2.69. The van der Waals surface area contributed by atoms with Crippen molar-refractivity contribution in [3.63, 3.8) is 0 Å². The minimum Gasteiger partial charge on any atom is -0.489 e. The molecule has 1 aromatic carbocycles. The largest absolute Gasteiger partial charge is 0.489 e. The number of aromatic nitrogens is 2. The molecule has 2 aromatic rings. The van der Waals surface area contributed by atoms with E-state index in [-0.39, 0.29) is 69.8 Å². The molecule has 0 aliphatic carbocycles. The van der Waals surface area contributed by atoms with Crippen molar-refractivity contribution >= 4 is 28.7 Å². The van der Waals surface area contributed by atoms with Crippen molar-refractivity contribution in [1.82, 2.24) is 24.9 Å². The molecule has 14 heteroatoms. The van der Waals surface area contributed by atoms with Crippen LogP contribution in [-0.2, 0) is 30.0 Å². The number of carboxylic acids is 1. The summed E-state index contributed by atoms with van der Waals surface area (Å²) in [5.74, 6) is -1.38.